The average Bonchev–Trinajstić information content (AvgIpc) is 3.20. The number of thiazole rings is 1. The van der Waals surface area contributed by atoms with E-state index in [9.17, 15) is 13.5 Å². The summed E-state index contributed by atoms with van der Waals surface area (Å²) in [7, 11) is -0.835. The topological polar surface area (TPSA) is 89.0 Å². The lowest BCUT2D eigenvalue weighted by Gasteiger charge is -2.23. The Morgan fingerprint density at radius 3 is 2.44 bits per heavy atom. The van der Waals surface area contributed by atoms with Crippen molar-refractivity contribution in [1.29, 1.82) is 0 Å². The van der Waals surface area contributed by atoms with Gasteiger partial charge in [-0.3, -0.25) is 0 Å². The highest BCUT2D eigenvalue weighted by molar-refractivity contribution is 7.93. The molecule has 7 nitrogen and oxygen atoms in total. The number of anilines is 1. The number of aromatic nitrogens is 1. The van der Waals surface area contributed by atoms with Crippen LogP contribution in [0.2, 0.25) is 0 Å². The maximum atomic E-state index is 13.2. The molecule has 0 spiro atoms. The lowest BCUT2D eigenvalue weighted by atomic mass is 10.2. The molecule has 0 aliphatic rings. The van der Waals surface area contributed by atoms with Gasteiger partial charge in [-0.05, 0) is 36.4 Å². The highest BCUT2D eigenvalue weighted by Gasteiger charge is 2.28. The van der Waals surface area contributed by atoms with Crippen LogP contribution in [0.4, 0.5) is 5.13 Å². The van der Waals surface area contributed by atoms with E-state index in [0.717, 1.165) is 0 Å². The Bertz CT molecular complexity index is 1000. The second-order valence-corrected chi connectivity index (χ2v) is 8.23. The largest absolute Gasteiger partial charge is 0.508 e. The molecule has 9 heteroatoms. The number of rotatable bonds is 7. The third-order valence-electron chi connectivity index (χ3n) is 3.87. The smallest absolute Gasteiger partial charge is 0.266 e. The molecule has 1 heterocycles. The van der Waals surface area contributed by atoms with E-state index < -0.39 is 10.0 Å². The number of ether oxygens (including phenoxy) is 2. The minimum Gasteiger partial charge on any atom is -0.508 e. The van der Waals surface area contributed by atoms with Gasteiger partial charge in [0, 0.05) is 23.2 Å². The van der Waals surface area contributed by atoms with Gasteiger partial charge in [0.1, 0.15) is 17.2 Å². The molecule has 0 bridgehead atoms. The third-order valence-corrected chi connectivity index (χ3v) is 6.53. The van der Waals surface area contributed by atoms with Gasteiger partial charge in [0.25, 0.3) is 10.0 Å². The van der Waals surface area contributed by atoms with Crippen LogP contribution in [0.1, 0.15) is 5.56 Å². The summed E-state index contributed by atoms with van der Waals surface area (Å²) in [5, 5.41) is 11.5. The molecule has 0 radical (unpaired) electrons. The maximum absolute atomic E-state index is 13.2. The number of hydrogen-bond donors (Lipinski definition) is 1. The first-order chi connectivity index (χ1) is 13.0. The molecule has 0 unspecified atom stereocenters. The van der Waals surface area contributed by atoms with Gasteiger partial charge in [0.15, 0.2) is 5.13 Å². The van der Waals surface area contributed by atoms with Crippen LogP contribution in [-0.2, 0) is 16.6 Å². The van der Waals surface area contributed by atoms with Crippen molar-refractivity contribution in [3.8, 4) is 17.2 Å². The number of phenolic OH excluding ortho intramolecular Hbond substituents is 1. The highest BCUT2D eigenvalue weighted by atomic mass is 32.2. The molecule has 0 aliphatic carbocycles. The summed E-state index contributed by atoms with van der Waals surface area (Å²) in [6.45, 7) is 0.0316. The Morgan fingerprint density at radius 1 is 1.11 bits per heavy atom. The standard InChI is InChI=1S/C18H18N2O5S2/c1-24-15-6-3-13(17(11-15)25-2)12-20(18-19-9-10-26-18)27(22,23)16-7-4-14(21)5-8-16/h3-11,21H,12H2,1-2H3. The van der Waals surface area contributed by atoms with Crippen molar-refractivity contribution >= 4 is 26.5 Å². The summed E-state index contributed by atoms with van der Waals surface area (Å²) >= 11 is 1.22. The average molecular weight is 406 g/mol. The number of hydrogen-bond acceptors (Lipinski definition) is 7. The van der Waals surface area contributed by atoms with Crippen molar-refractivity contribution in [2.24, 2.45) is 0 Å². The molecule has 3 aromatic rings. The highest BCUT2D eigenvalue weighted by Crippen LogP contribution is 2.32. The van der Waals surface area contributed by atoms with Crippen LogP contribution in [0.25, 0.3) is 0 Å². The summed E-state index contributed by atoms with van der Waals surface area (Å²) in [6.07, 6.45) is 1.55. The monoisotopic (exact) mass is 406 g/mol. The van der Waals surface area contributed by atoms with Gasteiger partial charge in [0.2, 0.25) is 0 Å². The first-order valence-electron chi connectivity index (χ1n) is 7.88. The Morgan fingerprint density at radius 2 is 1.85 bits per heavy atom. The minimum atomic E-state index is -3.90. The fourth-order valence-electron chi connectivity index (χ4n) is 2.48. The molecule has 0 saturated carbocycles. The van der Waals surface area contributed by atoms with Gasteiger partial charge in [-0.2, -0.15) is 0 Å². The molecule has 1 N–H and O–H groups in total. The molecule has 2 aromatic carbocycles. The number of sulfonamides is 1. The van der Waals surface area contributed by atoms with Gasteiger partial charge < -0.3 is 14.6 Å². The van der Waals surface area contributed by atoms with Gasteiger partial charge in [-0.15, -0.1) is 11.3 Å². The second-order valence-electron chi connectivity index (χ2n) is 5.50. The van der Waals surface area contributed by atoms with Crippen LogP contribution in [0.5, 0.6) is 17.2 Å². The van der Waals surface area contributed by atoms with Crippen molar-refractivity contribution in [2.45, 2.75) is 11.4 Å². The lowest BCUT2D eigenvalue weighted by molar-refractivity contribution is 0.391. The number of phenols is 1. The molecule has 0 aliphatic heterocycles. The SMILES string of the molecule is COc1ccc(CN(c2nccs2)S(=O)(=O)c2ccc(O)cc2)c(OC)c1. The van der Waals surface area contributed by atoms with E-state index in [1.54, 1.807) is 36.9 Å². The Labute approximate surface area is 161 Å². The van der Waals surface area contributed by atoms with E-state index >= 15 is 0 Å². The third kappa shape index (κ3) is 3.99. The summed E-state index contributed by atoms with van der Waals surface area (Å²) in [4.78, 5) is 4.22. The first-order valence-corrected chi connectivity index (χ1v) is 10.2. The van der Waals surface area contributed by atoms with E-state index in [1.165, 1.54) is 47.0 Å². The van der Waals surface area contributed by atoms with Crippen LogP contribution in [0, 0.1) is 0 Å². The molecule has 27 heavy (non-hydrogen) atoms. The number of benzene rings is 2. The van der Waals surface area contributed by atoms with E-state index in [1.807, 2.05) is 0 Å². The molecule has 0 atom stereocenters. The summed E-state index contributed by atoms with van der Waals surface area (Å²) in [5.74, 6) is 1.11. The van der Waals surface area contributed by atoms with Gasteiger partial charge in [-0.25, -0.2) is 17.7 Å². The van der Waals surface area contributed by atoms with E-state index in [4.69, 9.17) is 9.47 Å². The zero-order chi connectivity index (χ0) is 19.4. The van der Waals surface area contributed by atoms with Crippen molar-refractivity contribution in [2.75, 3.05) is 18.5 Å². The molecular formula is C18H18N2O5S2. The summed E-state index contributed by atoms with van der Waals surface area (Å²) in [5.41, 5.74) is 0.663. The quantitative estimate of drug-likeness (QED) is 0.648. The zero-order valence-electron chi connectivity index (χ0n) is 14.7. The maximum Gasteiger partial charge on any atom is 0.266 e. The summed E-state index contributed by atoms with van der Waals surface area (Å²) < 4.78 is 38.2. The van der Waals surface area contributed by atoms with Crippen molar-refractivity contribution in [3.05, 3.63) is 59.6 Å². The number of aromatic hydroxyl groups is 1. The first kappa shape index (κ1) is 19.0. The van der Waals surface area contributed by atoms with Crippen LogP contribution in [-0.4, -0.2) is 32.7 Å². The molecule has 0 amide bonds. The van der Waals surface area contributed by atoms with Gasteiger partial charge >= 0.3 is 0 Å². The lowest BCUT2D eigenvalue weighted by Crippen LogP contribution is -2.30. The molecule has 142 valence electrons. The van der Waals surface area contributed by atoms with Gasteiger partial charge in [0.05, 0.1) is 25.7 Å². The predicted octanol–water partition coefficient (Wildman–Crippen LogP) is 3.26. The Hall–Kier alpha value is -2.78. The fourth-order valence-corrected chi connectivity index (χ4v) is 4.74. The molecule has 0 fully saturated rings. The van der Waals surface area contributed by atoms with Crippen LogP contribution in [0.3, 0.4) is 0 Å². The van der Waals surface area contributed by atoms with Crippen molar-refractivity contribution < 1.29 is 23.0 Å². The second kappa shape index (κ2) is 7.85. The Balaban J connectivity index is 2.04. The molecule has 3 rings (SSSR count). The molecule has 0 saturated heterocycles. The van der Waals surface area contributed by atoms with Crippen LogP contribution < -0.4 is 13.8 Å². The zero-order valence-corrected chi connectivity index (χ0v) is 16.3. The van der Waals surface area contributed by atoms with E-state index in [0.29, 0.717) is 22.2 Å². The number of nitrogens with zero attached hydrogens (tertiary/aromatic N) is 2. The van der Waals surface area contributed by atoms with Crippen molar-refractivity contribution in [1.82, 2.24) is 4.98 Å². The van der Waals surface area contributed by atoms with E-state index in [-0.39, 0.29) is 17.2 Å². The minimum absolute atomic E-state index is 0.00780. The van der Waals surface area contributed by atoms with Crippen LogP contribution >= 0.6 is 11.3 Å². The Kier molecular flexibility index (Phi) is 5.52. The summed E-state index contributed by atoms with van der Waals surface area (Å²) in [6, 6.07) is 10.6. The van der Waals surface area contributed by atoms with E-state index in [2.05, 4.69) is 4.98 Å². The number of methoxy groups -OCH3 is 2. The van der Waals surface area contributed by atoms with Crippen molar-refractivity contribution in [3.63, 3.8) is 0 Å². The van der Waals surface area contributed by atoms with Crippen LogP contribution in [0.15, 0.2) is 58.9 Å². The molecular weight excluding hydrogens is 388 g/mol. The fraction of sp³-hybridized carbons (Fsp3) is 0.167. The normalized spacial score (nSPS) is 11.2. The van der Waals surface area contributed by atoms with Gasteiger partial charge in [-0.1, -0.05) is 0 Å². The predicted molar refractivity (Wildman–Crippen MR) is 103 cm³/mol. The molecule has 1 aromatic heterocycles.